The molecule has 3 aromatic rings. The number of hydroxylamine groups is 2. The molecule has 0 spiro atoms. The van der Waals surface area contributed by atoms with Crippen LogP contribution in [0.5, 0.6) is 0 Å². The second-order valence-corrected chi connectivity index (χ2v) is 8.27. The number of sulfonamides is 1. The summed E-state index contributed by atoms with van der Waals surface area (Å²) in [7, 11) is -3.83. The fraction of sp³-hybridized carbons (Fsp3) is 0.111. The van der Waals surface area contributed by atoms with Crippen LogP contribution in [-0.2, 0) is 10.0 Å². The summed E-state index contributed by atoms with van der Waals surface area (Å²) in [6, 6.07) is 12.7. The molecule has 11 heteroatoms. The number of hydrogen-bond donors (Lipinski definition) is 3. The van der Waals surface area contributed by atoms with Crippen molar-refractivity contribution in [3.05, 3.63) is 65.3 Å². The number of amides is 2. The monoisotopic (exact) mass is 435 g/mol. The second kappa shape index (κ2) is 7.84. The Hall–Kier alpha value is -2.92. The Morgan fingerprint density at radius 2 is 1.76 bits per heavy atom. The van der Waals surface area contributed by atoms with E-state index in [2.05, 4.69) is 5.10 Å². The highest BCUT2D eigenvalue weighted by molar-refractivity contribution is 7.89. The Bertz CT molecular complexity index is 1140. The Morgan fingerprint density at radius 1 is 1.17 bits per heavy atom. The molecular formula is C18H18ClN5O4S. The van der Waals surface area contributed by atoms with Crippen LogP contribution in [0.25, 0.3) is 16.9 Å². The number of carbonyl (C=O) groups excluding carboxylic acids is 1. The molecule has 0 saturated carbocycles. The summed E-state index contributed by atoms with van der Waals surface area (Å²) >= 11 is 5.97. The first-order valence-electron chi connectivity index (χ1n) is 8.34. The van der Waals surface area contributed by atoms with Crippen molar-refractivity contribution < 1.29 is 18.4 Å². The largest absolute Gasteiger partial charge is 0.350 e. The van der Waals surface area contributed by atoms with Crippen LogP contribution in [0.15, 0.2) is 59.5 Å². The SMILES string of the molecule is CC(c1cc(-c2ccc(Cl)cc2)n(-c2ccc(S(N)(=O)=O)cc2)n1)N(O)C(N)=O. The minimum atomic E-state index is -3.83. The molecule has 29 heavy (non-hydrogen) atoms. The molecule has 0 aliphatic heterocycles. The number of nitrogens with zero attached hydrogens (tertiary/aromatic N) is 3. The number of benzene rings is 2. The lowest BCUT2D eigenvalue weighted by Gasteiger charge is -2.18. The normalized spacial score (nSPS) is 12.6. The van der Waals surface area contributed by atoms with Gasteiger partial charge in [-0.05, 0) is 49.4 Å². The summed E-state index contributed by atoms with van der Waals surface area (Å²) in [5, 5.41) is 20.4. The third-order valence-electron chi connectivity index (χ3n) is 4.30. The quantitative estimate of drug-likeness (QED) is 0.416. The maximum absolute atomic E-state index is 11.5. The molecule has 1 atom stereocenters. The number of hydrogen-bond acceptors (Lipinski definition) is 5. The van der Waals surface area contributed by atoms with Crippen LogP contribution < -0.4 is 10.9 Å². The number of rotatable bonds is 5. The first-order chi connectivity index (χ1) is 13.6. The molecule has 9 nitrogen and oxygen atoms in total. The molecule has 0 bridgehead atoms. The maximum atomic E-state index is 11.5. The zero-order valence-corrected chi connectivity index (χ0v) is 16.8. The zero-order chi connectivity index (χ0) is 21.3. The van der Waals surface area contributed by atoms with Gasteiger partial charge in [0, 0.05) is 10.6 Å². The third-order valence-corrected chi connectivity index (χ3v) is 5.48. The van der Waals surface area contributed by atoms with Gasteiger partial charge in [-0.25, -0.2) is 23.0 Å². The van der Waals surface area contributed by atoms with E-state index in [1.54, 1.807) is 54.1 Å². The van der Waals surface area contributed by atoms with Gasteiger partial charge in [0.1, 0.15) is 6.04 Å². The van der Waals surface area contributed by atoms with Crippen LogP contribution in [0.4, 0.5) is 4.79 Å². The number of nitrogens with two attached hydrogens (primary N) is 2. The number of primary amides is 1. The number of halogens is 1. The molecule has 2 aromatic carbocycles. The van der Waals surface area contributed by atoms with Gasteiger partial charge in [0.15, 0.2) is 0 Å². The summed E-state index contributed by atoms with van der Waals surface area (Å²) < 4.78 is 24.6. The maximum Gasteiger partial charge on any atom is 0.339 e. The Morgan fingerprint density at radius 3 is 2.28 bits per heavy atom. The van der Waals surface area contributed by atoms with Gasteiger partial charge in [0.05, 0.1) is 22.0 Å². The average Bonchev–Trinajstić information content (AvgIpc) is 3.12. The smallest absolute Gasteiger partial charge is 0.339 e. The van der Waals surface area contributed by atoms with Gasteiger partial charge in [0.2, 0.25) is 10.0 Å². The van der Waals surface area contributed by atoms with E-state index in [9.17, 15) is 18.4 Å². The molecule has 0 aliphatic rings. The Kier molecular flexibility index (Phi) is 5.62. The highest BCUT2D eigenvalue weighted by atomic mass is 35.5. The molecule has 2 amide bonds. The van der Waals surface area contributed by atoms with E-state index < -0.39 is 22.1 Å². The highest BCUT2D eigenvalue weighted by Gasteiger charge is 2.23. The van der Waals surface area contributed by atoms with E-state index in [4.69, 9.17) is 22.5 Å². The molecule has 1 unspecified atom stereocenters. The van der Waals surface area contributed by atoms with Crippen molar-refractivity contribution in [2.24, 2.45) is 10.9 Å². The molecule has 0 radical (unpaired) electrons. The minimum Gasteiger partial charge on any atom is -0.350 e. The molecule has 1 aromatic heterocycles. The van der Waals surface area contributed by atoms with E-state index in [-0.39, 0.29) is 4.90 Å². The van der Waals surface area contributed by atoms with Crippen molar-refractivity contribution in [3.63, 3.8) is 0 Å². The van der Waals surface area contributed by atoms with Crippen molar-refractivity contribution in [2.75, 3.05) is 0 Å². The number of carbonyl (C=O) groups is 1. The molecule has 5 N–H and O–H groups in total. The molecular weight excluding hydrogens is 418 g/mol. The van der Waals surface area contributed by atoms with Gasteiger partial charge in [-0.3, -0.25) is 5.21 Å². The van der Waals surface area contributed by atoms with Gasteiger partial charge in [0.25, 0.3) is 0 Å². The fourth-order valence-corrected chi connectivity index (χ4v) is 3.36. The summed E-state index contributed by atoms with van der Waals surface area (Å²) in [6.07, 6.45) is 0. The third kappa shape index (κ3) is 4.40. The van der Waals surface area contributed by atoms with Crippen LogP contribution in [0.2, 0.25) is 5.02 Å². The first-order valence-corrected chi connectivity index (χ1v) is 10.3. The highest BCUT2D eigenvalue weighted by Crippen LogP contribution is 2.29. The summed E-state index contributed by atoms with van der Waals surface area (Å²) in [6.45, 7) is 1.56. The van der Waals surface area contributed by atoms with Crippen LogP contribution in [0.1, 0.15) is 18.7 Å². The topological polar surface area (TPSA) is 145 Å². The van der Waals surface area contributed by atoms with Crippen molar-refractivity contribution >= 4 is 27.7 Å². The van der Waals surface area contributed by atoms with Gasteiger partial charge in [-0.1, -0.05) is 23.7 Å². The summed E-state index contributed by atoms with van der Waals surface area (Å²) in [5.74, 6) is 0. The lowest BCUT2D eigenvalue weighted by atomic mass is 10.1. The molecule has 152 valence electrons. The van der Waals surface area contributed by atoms with E-state index in [1.807, 2.05) is 0 Å². The lowest BCUT2D eigenvalue weighted by Crippen LogP contribution is -2.35. The predicted molar refractivity (Wildman–Crippen MR) is 107 cm³/mol. The lowest BCUT2D eigenvalue weighted by molar-refractivity contribution is -0.0721. The van der Waals surface area contributed by atoms with Gasteiger partial charge >= 0.3 is 6.03 Å². The molecule has 0 saturated heterocycles. The first kappa shape index (κ1) is 20.8. The molecule has 1 heterocycles. The van der Waals surface area contributed by atoms with Crippen LogP contribution >= 0.6 is 11.6 Å². The average molecular weight is 436 g/mol. The number of urea groups is 1. The number of aromatic nitrogens is 2. The van der Waals surface area contributed by atoms with E-state index in [0.29, 0.717) is 27.2 Å². The van der Waals surface area contributed by atoms with E-state index in [0.717, 1.165) is 5.56 Å². The molecule has 0 fully saturated rings. The van der Waals surface area contributed by atoms with E-state index >= 15 is 0 Å². The predicted octanol–water partition coefficient (Wildman–Crippen LogP) is 2.67. The van der Waals surface area contributed by atoms with Crippen molar-refractivity contribution in [1.82, 2.24) is 14.8 Å². The van der Waals surface area contributed by atoms with E-state index in [1.165, 1.54) is 12.1 Å². The second-order valence-electron chi connectivity index (χ2n) is 6.27. The van der Waals surface area contributed by atoms with Crippen molar-refractivity contribution in [1.29, 1.82) is 0 Å². The summed E-state index contributed by atoms with van der Waals surface area (Å²) in [5.41, 5.74) is 7.44. The van der Waals surface area contributed by atoms with Gasteiger partial charge < -0.3 is 5.73 Å². The Labute approximate surface area is 172 Å². The fourth-order valence-electron chi connectivity index (χ4n) is 2.72. The standard InChI is InChI=1S/C18H18ClN5O4S/c1-11(24(26)18(20)25)16-10-17(12-2-4-13(19)5-3-12)23(22-16)14-6-8-15(9-7-14)29(21,27)28/h2-11,26H,1H3,(H2,20,25)(H2,21,27,28). The van der Waals surface area contributed by atoms with Crippen molar-refractivity contribution in [3.8, 4) is 16.9 Å². The Balaban J connectivity index is 2.13. The zero-order valence-electron chi connectivity index (χ0n) is 15.2. The van der Waals surface area contributed by atoms with Crippen LogP contribution in [0, 0.1) is 0 Å². The molecule has 0 aliphatic carbocycles. The summed E-state index contributed by atoms with van der Waals surface area (Å²) in [4.78, 5) is 11.3. The van der Waals surface area contributed by atoms with Crippen LogP contribution in [-0.4, -0.2) is 34.5 Å². The van der Waals surface area contributed by atoms with Gasteiger partial charge in [-0.15, -0.1) is 0 Å². The van der Waals surface area contributed by atoms with Gasteiger partial charge in [-0.2, -0.15) is 10.2 Å². The minimum absolute atomic E-state index is 0.0368. The van der Waals surface area contributed by atoms with Crippen LogP contribution in [0.3, 0.4) is 0 Å². The number of primary sulfonamides is 1. The van der Waals surface area contributed by atoms with Crippen molar-refractivity contribution in [2.45, 2.75) is 17.9 Å². The molecule has 3 rings (SSSR count).